The van der Waals surface area contributed by atoms with Gasteiger partial charge in [0.15, 0.2) is 0 Å². The highest BCUT2D eigenvalue weighted by atomic mass is 35.5. The molecule has 16 heavy (non-hydrogen) atoms. The van der Waals surface area contributed by atoms with E-state index in [0.29, 0.717) is 11.1 Å². The summed E-state index contributed by atoms with van der Waals surface area (Å²) in [5, 5.41) is 0.604. The van der Waals surface area contributed by atoms with Crippen molar-refractivity contribution >= 4 is 23.4 Å². The van der Waals surface area contributed by atoms with Crippen molar-refractivity contribution in [1.29, 1.82) is 0 Å². The van der Waals surface area contributed by atoms with Gasteiger partial charge in [-0.1, -0.05) is 32.4 Å². The van der Waals surface area contributed by atoms with Crippen LogP contribution in [-0.2, 0) is 12.2 Å². The molecular formula is C12H19ClN2S. The van der Waals surface area contributed by atoms with Crippen molar-refractivity contribution < 1.29 is 0 Å². The SMILES string of the molecule is CCc1nc(CSCC(C)C)nc(Cl)c1C. The maximum Gasteiger partial charge on any atom is 0.140 e. The molecule has 0 spiro atoms. The van der Waals surface area contributed by atoms with Crippen LogP contribution in [-0.4, -0.2) is 15.7 Å². The molecule has 0 fully saturated rings. The summed E-state index contributed by atoms with van der Waals surface area (Å²) in [5.41, 5.74) is 2.09. The molecular weight excluding hydrogens is 240 g/mol. The zero-order chi connectivity index (χ0) is 12.1. The Morgan fingerprint density at radius 3 is 2.56 bits per heavy atom. The molecule has 0 unspecified atom stereocenters. The lowest BCUT2D eigenvalue weighted by Gasteiger charge is -2.08. The van der Waals surface area contributed by atoms with Crippen LogP contribution < -0.4 is 0 Å². The third kappa shape index (κ3) is 3.95. The lowest BCUT2D eigenvalue weighted by molar-refractivity contribution is 0.749. The molecule has 0 radical (unpaired) electrons. The smallest absolute Gasteiger partial charge is 0.140 e. The van der Waals surface area contributed by atoms with E-state index in [1.807, 2.05) is 18.7 Å². The second-order valence-corrected chi connectivity index (χ2v) is 5.65. The monoisotopic (exact) mass is 258 g/mol. The van der Waals surface area contributed by atoms with Crippen LogP contribution in [0.3, 0.4) is 0 Å². The highest BCUT2D eigenvalue weighted by molar-refractivity contribution is 7.98. The normalized spacial score (nSPS) is 11.1. The molecule has 0 bridgehead atoms. The Morgan fingerprint density at radius 2 is 2.00 bits per heavy atom. The number of hydrogen-bond acceptors (Lipinski definition) is 3. The molecule has 4 heteroatoms. The quantitative estimate of drug-likeness (QED) is 0.750. The van der Waals surface area contributed by atoms with E-state index in [1.54, 1.807) is 0 Å². The Labute approximate surface area is 107 Å². The van der Waals surface area contributed by atoms with Gasteiger partial charge in [-0.25, -0.2) is 9.97 Å². The summed E-state index contributed by atoms with van der Waals surface area (Å²) in [6.45, 7) is 8.50. The van der Waals surface area contributed by atoms with E-state index >= 15 is 0 Å². The van der Waals surface area contributed by atoms with Gasteiger partial charge in [-0.3, -0.25) is 0 Å². The van der Waals surface area contributed by atoms with E-state index in [-0.39, 0.29) is 0 Å². The van der Waals surface area contributed by atoms with Gasteiger partial charge in [0.25, 0.3) is 0 Å². The molecule has 0 saturated heterocycles. The van der Waals surface area contributed by atoms with Gasteiger partial charge in [0.2, 0.25) is 0 Å². The fraction of sp³-hybridized carbons (Fsp3) is 0.667. The number of aromatic nitrogens is 2. The van der Waals surface area contributed by atoms with Gasteiger partial charge in [-0.2, -0.15) is 11.8 Å². The topological polar surface area (TPSA) is 25.8 Å². The summed E-state index contributed by atoms with van der Waals surface area (Å²) in [4.78, 5) is 8.84. The lowest BCUT2D eigenvalue weighted by atomic mass is 10.2. The highest BCUT2D eigenvalue weighted by Crippen LogP contribution is 2.19. The average Bonchev–Trinajstić information content (AvgIpc) is 2.22. The maximum atomic E-state index is 6.08. The van der Waals surface area contributed by atoms with Crippen LogP contribution >= 0.6 is 23.4 Å². The van der Waals surface area contributed by atoms with Crippen LogP contribution in [0.15, 0.2) is 0 Å². The zero-order valence-corrected chi connectivity index (χ0v) is 12.0. The number of hydrogen-bond donors (Lipinski definition) is 0. The first-order valence-electron chi connectivity index (χ1n) is 5.64. The van der Waals surface area contributed by atoms with Gasteiger partial charge in [0.1, 0.15) is 11.0 Å². The lowest BCUT2D eigenvalue weighted by Crippen LogP contribution is -2.02. The van der Waals surface area contributed by atoms with E-state index in [1.165, 1.54) is 0 Å². The molecule has 1 aromatic heterocycles. The summed E-state index contributed by atoms with van der Waals surface area (Å²) >= 11 is 7.94. The predicted octanol–water partition coefficient (Wildman–Crippen LogP) is 3.89. The third-order valence-electron chi connectivity index (χ3n) is 2.25. The molecule has 0 aromatic carbocycles. The van der Waals surface area contributed by atoms with E-state index in [4.69, 9.17) is 11.6 Å². The van der Waals surface area contributed by atoms with Crippen molar-refractivity contribution in [3.63, 3.8) is 0 Å². The summed E-state index contributed by atoms with van der Waals surface area (Å²) in [7, 11) is 0. The Kier molecular flexibility index (Phi) is 5.56. The molecule has 1 aromatic rings. The number of aryl methyl sites for hydroxylation is 1. The Bertz CT molecular complexity index is 353. The fourth-order valence-corrected chi connectivity index (χ4v) is 2.48. The molecule has 2 nitrogen and oxygen atoms in total. The molecule has 0 aliphatic rings. The van der Waals surface area contributed by atoms with Crippen LogP contribution in [0.25, 0.3) is 0 Å². The molecule has 0 saturated carbocycles. The van der Waals surface area contributed by atoms with Gasteiger partial charge < -0.3 is 0 Å². The first-order chi connectivity index (χ1) is 7.54. The Hall–Kier alpha value is -0.280. The molecule has 0 atom stereocenters. The predicted molar refractivity (Wildman–Crippen MR) is 72.2 cm³/mol. The minimum Gasteiger partial charge on any atom is -0.237 e. The largest absolute Gasteiger partial charge is 0.237 e. The van der Waals surface area contributed by atoms with Gasteiger partial charge in [0.05, 0.1) is 5.75 Å². The number of rotatable bonds is 5. The molecule has 0 aliphatic heterocycles. The molecule has 1 rings (SSSR count). The van der Waals surface area contributed by atoms with Crippen molar-refractivity contribution in [2.24, 2.45) is 5.92 Å². The van der Waals surface area contributed by atoms with Gasteiger partial charge in [0, 0.05) is 11.3 Å². The third-order valence-corrected chi connectivity index (χ3v) is 3.98. The van der Waals surface area contributed by atoms with Gasteiger partial charge in [-0.15, -0.1) is 0 Å². The second kappa shape index (κ2) is 6.45. The summed E-state index contributed by atoms with van der Waals surface area (Å²) in [6.07, 6.45) is 0.913. The number of halogens is 1. The molecule has 1 heterocycles. The fourth-order valence-electron chi connectivity index (χ4n) is 1.38. The van der Waals surface area contributed by atoms with Crippen molar-refractivity contribution in [1.82, 2.24) is 9.97 Å². The van der Waals surface area contributed by atoms with Crippen molar-refractivity contribution in [3.05, 3.63) is 22.2 Å². The number of thioether (sulfide) groups is 1. The summed E-state index contributed by atoms with van der Waals surface area (Å²) in [6, 6.07) is 0. The summed E-state index contributed by atoms with van der Waals surface area (Å²) < 4.78 is 0. The standard InChI is InChI=1S/C12H19ClN2S/c1-5-10-9(4)12(13)15-11(14-10)7-16-6-8(2)3/h8H,5-7H2,1-4H3. The maximum absolute atomic E-state index is 6.08. The minimum atomic E-state index is 0.604. The van der Waals surface area contributed by atoms with Gasteiger partial charge >= 0.3 is 0 Å². The average molecular weight is 259 g/mol. The first kappa shape index (κ1) is 13.8. The number of nitrogens with zero attached hydrogens (tertiary/aromatic N) is 2. The molecule has 0 amide bonds. The highest BCUT2D eigenvalue weighted by Gasteiger charge is 2.08. The zero-order valence-electron chi connectivity index (χ0n) is 10.4. The van der Waals surface area contributed by atoms with Crippen molar-refractivity contribution in [3.8, 4) is 0 Å². The van der Waals surface area contributed by atoms with Crippen molar-refractivity contribution in [2.45, 2.75) is 39.9 Å². The second-order valence-electron chi connectivity index (χ2n) is 4.26. The minimum absolute atomic E-state index is 0.604. The van der Waals surface area contributed by atoms with Crippen molar-refractivity contribution in [2.75, 3.05) is 5.75 Å². The van der Waals surface area contributed by atoms with Crippen LogP contribution in [0.5, 0.6) is 0 Å². The van der Waals surface area contributed by atoms with Crippen LogP contribution in [0, 0.1) is 12.8 Å². The van der Waals surface area contributed by atoms with Gasteiger partial charge in [-0.05, 0) is 25.0 Å². The van der Waals surface area contributed by atoms with Crippen LogP contribution in [0.2, 0.25) is 5.15 Å². The molecule has 0 N–H and O–H groups in total. The van der Waals surface area contributed by atoms with E-state index < -0.39 is 0 Å². The summed E-state index contributed by atoms with van der Waals surface area (Å²) in [5.74, 6) is 3.55. The van der Waals surface area contributed by atoms with E-state index in [0.717, 1.165) is 35.0 Å². The first-order valence-corrected chi connectivity index (χ1v) is 7.17. The Balaban J connectivity index is 2.70. The van der Waals surface area contributed by atoms with Crippen LogP contribution in [0.1, 0.15) is 37.9 Å². The molecule has 0 aliphatic carbocycles. The van der Waals surface area contributed by atoms with E-state index in [2.05, 4.69) is 30.7 Å². The Morgan fingerprint density at radius 1 is 1.31 bits per heavy atom. The van der Waals surface area contributed by atoms with E-state index in [9.17, 15) is 0 Å². The molecule has 90 valence electrons. The van der Waals surface area contributed by atoms with Crippen LogP contribution in [0.4, 0.5) is 0 Å².